The molecular weight excluding hydrogens is 432 g/mol. The molecule has 3 atom stereocenters. The lowest BCUT2D eigenvalue weighted by molar-refractivity contribution is -0.143. The lowest BCUT2D eigenvalue weighted by Crippen LogP contribution is -2.55. The highest BCUT2D eigenvalue weighted by Crippen LogP contribution is 2.27. The number of amides is 3. The molecule has 0 heterocycles. The van der Waals surface area contributed by atoms with Gasteiger partial charge < -0.3 is 20.3 Å². The van der Waals surface area contributed by atoms with Gasteiger partial charge in [-0.15, -0.1) is 0 Å². The standard InChI is InChI=1S/C26H40N4O4/c1-10-18(5)21(29-25(33)34-26(7,8)9)24(32)30(14-13-27)22(23(31)28-16(2)3)20-12-11-17(4)15-19(20)6/h11-12,15-16,18,21-22H,10,14H2,1-9H3,(H,28,31)(H,29,33). The Bertz CT molecular complexity index is 914. The highest BCUT2D eigenvalue weighted by atomic mass is 16.6. The van der Waals surface area contributed by atoms with Crippen molar-refractivity contribution in [3.63, 3.8) is 0 Å². The first-order chi connectivity index (χ1) is 15.7. The van der Waals surface area contributed by atoms with Crippen LogP contribution in [0.5, 0.6) is 0 Å². The zero-order chi connectivity index (χ0) is 26.2. The number of carbonyl (C=O) groups is 3. The average Bonchev–Trinajstić information content (AvgIpc) is 2.70. The molecule has 0 aromatic heterocycles. The highest BCUT2D eigenvalue weighted by molar-refractivity contribution is 5.92. The van der Waals surface area contributed by atoms with Crippen molar-refractivity contribution in [3.8, 4) is 6.07 Å². The molecule has 8 heteroatoms. The second-order valence-corrected chi connectivity index (χ2v) is 10.1. The van der Waals surface area contributed by atoms with Crippen LogP contribution in [-0.4, -0.2) is 47.0 Å². The van der Waals surface area contributed by atoms with Crippen molar-refractivity contribution < 1.29 is 19.1 Å². The smallest absolute Gasteiger partial charge is 0.408 e. The van der Waals surface area contributed by atoms with Crippen LogP contribution < -0.4 is 10.6 Å². The highest BCUT2D eigenvalue weighted by Gasteiger charge is 2.38. The van der Waals surface area contributed by atoms with Crippen LogP contribution in [0.25, 0.3) is 0 Å². The minimum atomic E-state index is -1.03. The van der Waals surface area contributed by atoms with Gasteiger partial charge in [-0.1, -0.05) is 44.0 Å². The molecule has 8 nitrogen and oxygen atoms in total. The molecule has 0 fully saturated rings. The number of hydrogen-bond donors (Lipinski definition) is 2. The van der Waals surface area contributed by atoms with Crippen LogP contribution >= 0.6 is 0 Å². The number of alkyl carbamates (subject to hydrolysis) is 1. The molecule has 0 aliphatic rings. The van der Waals surface area contributed by atoms with Crippen LogP contribution in [0.4, 0.5) is 4.79 Å². The Morgan fingerprint density at radius 3 is 2.21 bits per heavy atom. The lowest BCUT2D eigenvalue weighted by atomic mass is 9.93. The van der Waals surface area contributed by atoms with Crippen molar-refractivity contribution in [2.45, 2.75) is 92.5 Å². The number of nitrogens with one attached hydrogen (secondary N) is 2. The number of ether oxygens (including phenoxy) is 1. The monoisotopic (exact) mass is 472 g/mol. The zero-order valence-corrected chi connectivity index (χ0v) is 22.0. The Morgan fingerprint density at radius 2 is 1.74 bits per heavy atom. The van der Waals surface area contributed by atoms with Gasteiger partial charge in [-0.3, -0.25) is 9.59 Å². The number of benzene rings is 1. The fourth-order valence-electron chi connectivity index (χ4n) is 3.62. The Kier molecular flexibility index (Phi) is 10.6. The molecule has 0 bridgehead atoms. The molecule has 3 amide bonds. The Labute approximate surface area is 204 Å². The van der Waals surface area contributed by atoms with Gasteiger partial charge in [-0.25, -0.2) is 4.79 Å². The maximum absolute atomic E-state index is 13.8. The minimum Gasteiger partial charge on any atom is -0.444 e. The van der Waals surface area contributed by atoms with Crippen molar-refractivity contribution >= 4 is 17.9 Å². The molecule has 1 aromatic carbocycles. The van der Waals surface area contributed by atoms with Gasteiger partial charge in [0.25, 0.3) is 0 Å². The molecule has 0 aliphatic heterocycles. The van der Waals surface area contributed by atoms with E-state index < -0.39 is 29.7 Å². The van der Waals surface area contributed by atoms with E-state index in [1.165, 1.54) is 4.90 Å². The molecule has 1 rings (SSSR count). The third-order valence-corrected chi connectivity index (χ3v) is 5.39. The van der Waals surface area contributed by atoms with Gasteiger partial charge in [0, 0.05) is 6.04 Å². The molecule has 188 valence electrons. The Balaban J connectivity index is 3.53. The molecule has 2 N–H and O–H groups in total. The molecule has 0 spiro atoms. The number of hydrogen-bond acceptors (Lipinski definition) is 5. The molecule has 0 radical (unpaired) electrons. The van der Waals surface area contributed by atoms with E-state index in [2.05, 4.69) is 10.6 Å². The van der Waals surface area contributed by atoms with E-state index >= 15 is 0 Å². The Morgan fingerprint density at radius 1 is 1.12 bits per heavy atom. The molecule has 0 saturated carbocycles. The molecule has 0 saturated heterocycles. The first-order valence-corrected chi connectivity index (χ1v) is 11.8. The van der Waals surface area contributed by atoms with E-state index in [1.807, 2.05) is 65.8 Å². The second kappa shape index (κ2) is 12.4. The summed E-state index contributed by atoms with van der Waals surface area (Å²) in [5, 5.41) is 15.1. The van der Waals surface area contributed by atoms with E-state index in [-0.39, 0.29) is 24.4 Å². The summed E-state index contributed by atoms with van der Waals surface area (Å²) in [7, 11) is 0. The number of nitriles is 1. The quantitative estimate of drug-likeness (QED) is 0.524. The van der Waals surface area contributed by atoms with Crippen LogP contribution in [0.15, 0.2) is 18.2 Å². The van der Waals surface area contributed by atoms with Crippen LogP contribution in [0.2, 0.25) is 0 Å². The zero-order valence-electron chi connectivity index (χ0n) is 22.0. The van der Waals surface area contributed by atoms with Gasteiger partial charge >= 0.3 is 6.09 Å². The summed E-state index contributed by atoms with van der Waals surface area (Å²) < 4.78 is 5.37. The summed E-state index contributed by atoms with van der Waals surface area (Å²) in [6.07, 6.45) is -0.128. The predicted octanol–water partition coefficient (Wildman–Crippen LogP) is 4.16. The summed E-state index contributed by atoms with van der Waals surface area (Å²) in [4.78, 5) is 41.0. The average molecular weight is 473 g/mol. The second-order valence-electron chi connectivity index (χ2n) is 10.1. The summed E-state index contributed by atoms with van der Waals surface area (Å²) in [5.74, 6) is -1.15. The SMILES string of the molecule is CCC(C)C(NC(=O)OC(C)(C)C)C(=O)N(CC#N)C(C(=O)NC(C)C)c1ccc(C)cc1C. The van der Waals surface area contributed by atoms with Crippen LogP contribution in [0.3, 0.4) is 0 Å². The van der Waals surface area contributed by atoms with E-state index in [1.54, 1.807) is 20.8 Å². The van der Waals surface area contributed by atoms with Crippen LogP contribution in [0.1, 0.15) is 77.6 Å². The topological polar surface area (TPSA) is 112 Å². The maximum Gasteiger partial charge on any atom is 0.408 e. The molecular formula is C26H40N4O4. The minimum absolute atomic E-state index is 0.162. The van der Waals surface area contributed by atoms with Gasteiger partial charge in [-0.2, -0.15) is 5.26 Å². The molecule has 34 heavy (non-hydrogen) atoms. The van der Waals surface area contributed by atoms with Crippen molar-refractivity contribution in [2.24, 2.45) is 5.92 Å². The van der Waals surface area contributed by atoms with E-state index in [0.29, 0.717) is 12.0 Å². The fourth-order valence-corrected chi connectivity index (χ4v) is 3.62. The van der Waals surface area contributed by atoms with E-state index in [4.69, 9.17) is 4.74 Å². The van der Waals surface area contributed by atoms with Gasteiger partial charge in [-0.05, 0) is 65.5 Å². The normalized spacial score (nSPS) is 13.9. The fraction of sp³-hybridized carbons (Fsp3) is 0.615. The first-order valence-electron chi connectivity index (χ1n) is 11.8. The predicted molar refractivity (Wildman–Crippen MR) is 132 cm³/mol. The summed E-state index contributed by atoms with van der Waals surface area (Å²) in [6, 6.07) is 5.49. The van der Waals surface area contributed by atoms with Crippen molar-refractivity contribution in [1.82, 2.24) is 15.5 Å². The van der Waals surface area contributed by atoms with Crippen LogP contribution in [0, 0.1) is 31.1 Å². The van der Waals surface area contributed by atoms with Gasteiger partial charge in [0.15, 0.2) is 0 Å². The summed E-state index contributed by atoms with van der Waals surface area (Å²) in [5.41, 5.74) is 1.75. The number of carbonyl (C=O) groups excluding carboxylic acids is 3. The summed E-state index contributed by atoms with van der Waals surface area (Å²) in [6.45, 7) is 16.1. The number of rotatable bonds is 9. The number of nitrogens with zero attached hydrogens (tertiary/aromatic N) is 2. The van der Waals surface area contributed by atoms with Gasteiger partial charge in [0.2, 0.25) is 11.8 Å². The van der Waals surface area contributed by atoms with Gasteiger partial charge in [0.05, 0.1) is 6.07 Å². The van der Waals surface area contributed by atoms with E-state index in [9.17, 15) is 19.6 Å². The first kappa shape index (κ1) is 29.0. The molecule has 1 aromatic rings. The largest absolute Gasteiger partial charge is 0.444 e. The van der Waals surface area contributed by atoms with Crippen molar-refractivity contribution in [3.05, 3.63) is 34.9 Å². The third-order valence-electron chi connectivity index (χ3n) is 5.39. The number of aryl methyl sites for hydroxylation is 2. The maximum atomic E-state index is 13.8. The van der Waals surface area contributed by atoms with Crippen LogP contribution in [-0.2, 0) is 14.3 Å². The summed E-state index contributed by atoms with van der Waals surface area (Å²) >= 11 is 0. The van der Waals surface area contributed by atoms with Crippen molar-refractivity contribution in [2.75, 3.05) is 6.54 Å². The lowest BCUT2D eigenvalue weighted by Gasteiger charge is -2.35. The van der Waals surface area contributed by atoms with Crippen molar-refractivity contribution in [1.29, 1.82) is 5.26 Å². The third kappa shape index (κ3) is 8.36. The Hall–Kier alpha value is -3.08. The molecule has 0 aliphatic carbocycles. The van der Waals surface area contributed by atoms with E-state index in [0.717, 1.165) is 11.1 Å². The van der Waals surface area contributed by atoms with Gasteiger partial charge in [0.1, 0.15) is 24.2 Å². The molecule has 3 unspecified atom stereocenters.